The molecule has 5 heteroatoms. The molecular formula is C18H21N5. The van der Waals surface area contributed by atoms with E-state index < -0.39 is 0 Å². The maximum absolute atomic E-state index is 4.20. The first-order valence-corrected chi connectivity index (χ1v) is 7.70. The summed E-state index contributed by atoms with van der Waals surface area (Å²) in [5.41, 5.74) is 4.82. The fourth-order valence-corrected chi connectivity index (χ4v) is 2.73. The number of aromatic nitrogens is 4. The highest BCUT2D eigenvalue weighted by atomic mass is 15.3. The molecule has 118 valence electrons. The third-order valence-electron chi connectivity index (χ3n) is 4.21. The molecule has 0 N–H and O–H groups in total. The van der Waals surface area contributed by atoms with Crippen molar-refractivity contribution >= 4 is 0 Å². The van der Waals surface area contributed by atoms with E-state index in [1.165, 1.54) is 16.7 Å². The fourth-order valence-electron chi connectivity index (χ4n) is 2.73. The summed E-state index contributed by atoms with van der Waals surface area (Å²) in [6, 6.07) is 10.9. The van der Waals surface area contributed by atoms with E-state index in [0.717, 1.165) is 12.2 Å². The van der Waals surface area contributed by atoms with Gasteiger partial charge >= 0.3 is 0 Å². The molecule has 1 atom stereocenters. The van der Waals surface area contributed by atoms with E-state index in [-0.39, 0.29) is 0 Å². The molecule has 0 aliphatic rings. The van der Waals surface area contributed by atoms with Gasteiger partial charge in [-0.1, -0.05) is 12.1 Å². The van der Waals surface area contributed by atoms with Crippen molar-refractivity contribution in [2.24, 2.45) is 0 Å². The molecule has 5 nitrogen and oxygen atoms in total. The Labute approximate surface area is 136 Å². The van der Waals surface area contributed by atoms with Crippen LogP contribution in [0.25, 0.3) is 5.69 Å². The zero-order chi connectivity index (χ0) is 16.2. The summed E-state index contributed by atoms with van der Waals surface area (Å²) in [4.78, 5) is 10.4. The molecule has 0 bridgehead atoms. The van der Waals surface area contributed by atoms with Crippen LogP contribution in [0.1, 0.15) is 29.7 Å². The largest absolute Gasteiger partial charge is 0.295 e. The summed E-state index contributed by atoms with van der Waals surface area (Å²) in [6.07, 6.45) is 6.96. The van der Waals surface area contributed by atoms with Gasteiger partial charge in [-0.15, -0.1) is 0 Å². The summed E-state index contributed by atoms with van der Waals surface area (Å²) in [6.45, 7) is 5.21. The Morgan fingerprint density at radius 2 is 1.91 bits per heavy atom. The third-order valence-corrected chi connectivity index (χ3v) is 4.21. The SMILES string of the molecule is Cc1cc(CN(C)C(C)c2ccncc2)ccc1-n1cncn1. The normalized spacial score (nSPS) is 12.5. The second-order valence-corrected chi connectivity index (χ2v) is 5.83. The van der Waals surface area contributed by atoms with Crippen LogP contribution >= 0.6 is 0 Å². The van der Waals surface area contributed by atoms with Gasteiger partial charge in [-0.2, -0.15) is 5.10 Å². The maximum Gasteiger partial charge on any atom is 0.138 e. The Balaban J connectivity index is 1.74. The first-order chi connectivity index (χ1) is 11.1. The average Bonchev–Trinajstić information content (AvgIpc) is 3.09. The van der Waals surface area contributed by atoms with E-state index in [9.17, 15) is 0 Å². The second-order valence-electron chi connectivity index (χ2n) is 5.83. The molecule has 0 saturated carbocycles. The number of benzene rings is 1. The van der Waals surface area contributed by atoms with Gasteiger partial charge in [-0.3, -0.25) is 9.88 Å². The first-order valence-electron chi connectivity index (χ1n) is 7.70. The van der Waals surface area contributed by atoms with E-state index in [2.05, 4.69) is 71.2 Å². The zero-order valence-electron chi connectivity index (χ0n) is 13.7. The molecule has 0 aliphatic carbocycles. The Hall–Kier alpha value is -2.53. The molecule has 0 radical (unpaired) electrons. The number of hydrogen-bond donors (Lipinski definition) is 0. The number of pyridine rings is 1. The van der Waals surface area contributed by atoms with Crippen molar-refractivity contribution in [3.8, 4) is 5.69 Å². The van der Waals surface area contributed by atoms with Crippen molar-refractivity contribution in [1.82, 2.24) is 24.6 Å². The van der Waals surface area contributed by atoms with Crippen LogP contribution < -0.4 is 0 Å². The first kappa shape index (κ1) is 15.4. The topological polar surface area (TPSA) is 46.8 Å². The maximum atomic E-state index is 4.20. The highest BCUT2D eigenvalue weighted by molar-refractivity contribution is 5.41. The molecule has 3 rings (SSSR count). The minimum atomic E-state index is 0.341. The minimum absolute atomic E-state index is 0.341. The van der Waals surface area contributed by atoms with Gasteiger partial charge in [0.25, 0.3) is 0 Å². The van der Waals surface area contributed by atoms with Crippen molar-refractivity contribution < 1.29 is 0 Å². The quantitative estimate of drug-likeness (QED) is 0.726. The lowest BCUT2D eigenvalue weighted by atomic mass is 10.1. The van der Waals surface area contributed by atoms with Crippen LogP contribution in [0, 0.1) is 6.92 Å². The standard InChI is InChI=1S/C18H21N5/c1-14-10-16(4-5-18(14)23-13-20-12-21-23)11-22(3)15(2)17-6-8-19-9-7-17/h4-10,12-13,15H,11H2,1-3H3. The van der Waals surface area contributed by atoms with Crippen LogP contribution in [-0.2, 0) is 6.54 Å². The summed E-state index contributed by atoms with van der Waals surface area (Å²) in [7, 11) is 2.14. The van der Waals surface area contributed by atoms with Crippen molar-refractivity contribution in [3.05, 3.63) is 72.1 Å². The van der Waals surface area contributed by atoms with Crippen molar-refractivity contribution in [2.75, 3.05) is 7.05 Å². The van der Waals surface area contributed by atoms with Crippen LogP contribution in [0.2, 0.25) is 0 Å². The monoisotopic (exact) mass is 307 g/mol. The molecule has 2 heterocycles. The van der Waals surface area contributed by atoms with Gasteiger partial charge in [0.05, 0.1) is 5.69 Å². The van der Waals surface area contributed by atoms with E-state index in [1.54, 1.807) is 17.3 Å². The molecule has 23 heavy (non-hydrogen) atoms. The molecule has 1 aromatic carbocycles. The fraction of sp³-hybridized carbons (Fsp3) is 0.278. The summed E-state index contributed by atoms with van der Waals surface area (Å²) in [5.74, 6) is 0. The number of rotatable bonds is 5. The summed E-state index contributed by atoms with van der Waals surface area (Å²) in [5, 5.41) is 4.20. The highest BCUT2D eigenvalue weighted by Crippen LogP contribution is 2.21. The molecule has 0 spiro atoms. The average molecular weight is 307 g/mol. The van der Waals surface area contributed by atoms with Gasteiger partial charge in [0, 0.05) is 25.0 Å². The van der Waals surface area contributed by atoms with E-state index in [4.69, 9.17) is 0 Å². The number of hydrogen-bond acceptors (Lipinski definition) is 4. The van der Waals surface area contributed by atoms with Crippen LogP contribution in [0.3, 0.4) is 0 Å². The van der Waals surface area contributed by atoms with E-state index >= 15 is 0 Å². The van der Waals surface area contributed by atoms with Crippen LogP contribution in [0.4, 0.5) is 0 Å². The molecule has 3 aromatic rings. The molecule has 0 aliphatic heterocycles. The number of aryl methyl sites for hydroxylation is 1. The minimum Gasteiger partial charge on any atom is -0.295 e. The van der Waals surface area contributed by atoms with Gasteiger partial charge in [0.15, 0.2) is 0 Å². The van der Waals surface area contributed by atoms with Crippen molar-refractivity contribution in [3.63, 3.8) is 0 Å². The zero-order valence-corrected chi connectivity index (χ0v) is 13.7. The molecule has 0 saturated heterocycles. The summed E-state index contributed by atoms with van der Waals surface area (Å²) < 4.78 is 1.79. The highest BCUT2D eigenvalue weighted by Gasteiger charge is 2.12. The smallest absolute Gasteiger partial charge is 0.138 e. The van der Waals surface area contributed by atoms with Gasteiger partial charge in [-0.05, 0) is 55.8 Å². The lowest BCUT2D eigenvalue weighted by molar-refractivity contribution is 0.253. The van der Waals surface area contributed by atoms with Gasteiger partial charge < -0.3 is 0 Å². The molecule has 0 fully saturated rings. The molecule has 0 amide bonds. The summed E-state index contributed by atoms with van der Waals surface area (Å²) >= 11 is 0. The Bertz CT molecular complexity index is 752. The predicted octanol–water partition coefficient (Wildman–Crippen LogP) is 3.16. The predicted molar refractivity (Wildman–Crippen MR) is 90.2 cm³/mol. The van der Waals surface area contributed by atoms with Crippen molar-refractivity contribution in [1.29, 1.82) is 0 Å². The van der Waals surface area contributed by atoms with Crippen LogP contribution in [0.5, 0.6) is 0 Å². The van der Waals surface area contributed by atoms with Gasteiger partial charge in [0.2, 0.25) is 0 Å². The molecule has 2 aromatic heterocycles. The van der Waals surface area contributed by atoms with Crippen LogP contribution in [0.15, 0.2) is 55.4 Å². The molecular weight excluding hydrogens is 286 g/mol. The number of nitrogens with zero attached hydrogens (tertiary/aromatic N) is 5. The second kappa shape index (κ2) is 6.71. The van der Waals surface area contributed by atoms with Gasteiger partial charge in [0.1, 0.15) is 12.7 Å². The lowest BCUT2D eigenvalue weighted by Gasteiger charge is -2.25. The Morgan fingerprint density at radius 3 is 2.57 bits per heavy atom. The van der Waals surface area contributed by atoms with Gasteiger partial charge in [-0.25, -0.2) is 9.67 Å². The Morgan fingerprint density at radius 1 is 1.13 bits per heavy atom. The third kappa shape index (κ3) is 3.46. The van der Waals surface area contributed by atoms with Crippen LogP contribution in [-0.4, -0.2) is 31.7 Å². The lowest BCUT2D eigenvalue weighted by Crippen LogP contribution is -2.22. The van der Waals surface area contributed by atoms with Crippen molar-refractivity contribution in [2.45, 2.75) is 26.4 Å². The van der Waals surface area contributed by atoms with E-state index in [0.29, 0.717) is 6.04 Å². The van der Waals surface area contributed by atoms with E-state index in [1.807, 2.05) is 12.4 Å². The Kier molecular flexibility index (Phi) is 4.48. The molecule has 1 unspecified atom stereocenters.